The van der Waals surface area contributed by atoms with Crippen LogP contribution in [0.5, 0.6) is 0 Å². The van der Waals surface area contributed by atoms with Crippen molar-refractivity contribution in [3.63, 3.8) is 0 Å². The summed E-state index contributed by atoms with van der Waals surface area (Å²) in [5.41, 5.74) is 6.01. The minimum absolute atomic E-state index is 0.299. The maximum absolute atomic E-state index is 9.10. The molecule has 0 spiro atoms. The van der Waals surface area contributed by atoms with Crippen molar-refractivity contribution in [3.8, 4) is 0 Å². The molecule has 0 heterocycles. The molecule has 11 heavy (non-hydrogen) atoms. The van der Waals surface area contributed by atoms with Crippen molar-refractivity contribution in [1.29, 1.82) is 0 Å². The van der Waals surface area contributed by atoms with Crippen molar-refractivity contribution >= 4 is 0 Å². The van der Waals surface area contributed by atoms with Crippen LogP contribution in [0.3, 0.4) is 0 Å². The summed E-state index contributed by atoms with van der Waals surface area (Å²) in [4.78, 5) is 0. The molecule has 0 aromatic rings. The van der Waals surface area contributed by atoms with Crippen molar-refractivity contribution in [3.05, 3.63) is 0 Å². The van der Waals surface area contributed by atoms with E-state index in [0.29, 0.717) is 18.6 Å². The summed E-state index contributed by atoms with van der Waals surface area (Å²) in [6.45, 7) is 0.308. The molecule has 3 N–H and O–H groups in total. The van der Waals surface area contributed by atoms with E-state index in [9.17, 15) is 0 Å². The lowest BCUT2D eigenvalue weighted by molar-refractivity contribution is 0.178. The van der Waals surface area contributed by atoms with E-state index in [-0.39, 0.29) is 0 Å². The molecule has 2 aliphatic rings. The molecule has 2 rings (SSSR count). The fourth-order valence-electron chi connectivity index (χ4n) is 1.94. The Labute approximate surface area is 67.8 Å². The number of hydrogen-bond donors (Lipinski definition) is 2. The van der Waals surface area contributed by atoms with Crippen molar-refractivity contribution in [1.82, 2.24) is 0 Å². The second-order valence-corrected chi connectivity index (χ2v) is 4.10. The van der Waals surface area contributed by atoms with Crippen LogP contribution in [0.15, 0.2) is 0 Å². The summed E-state index contributed by atoms with van der Waals surface area (Å²) in [6.07, 6.45) is 5.19. The molecule has 0 amide bonds. The van der Waals surface area contributed by atoms with Gasteiger partial charge in [0.05, 0.1) is 0 Å². The Morgan fingerprint density at radius 1 is 1.18 bits per heavy atom. The molecule has 2 aliphatic carbocycles. The smallest absolute Gasteiger partial charge is 0.0476 e. The van der Waals surface area contributed by atoms with Crippen LogP contribution < -0.4 is 5.73 Å². The fourth-order valence-corrected chi connectivity index (χ4v) is 1.94. The Kier molecular flexibility index (Phi) is 1.90. The topological polar surface area (TPSA) is 46.2 Å². The van der Waals surface area contributed by atoms with Crippen LogP contribution in [-0.2, 0) is 0 Å². The predicted octanol–water partition coefficient (Wildman–Crippen LogP) is 0.742. The van der Waals surface area contributed by atoms with Crippen LogP contribution in [0.2, 0.25) is 0 Å². The molecule has 64 valence electrons. The minimum atomic E-state index is 0.299. The first-order chi connectivity index (χ1) is 5.33. The highest BCUT2D eigenvalue weighted by molar-refractivity contribution is 4.94. The summed E-state index contributed by atoms with van der Waals surface area (Å²) >= 11 is 0. The lowest BCUT2D eigenvalue weighted by atomic mass is 9.93. The molecule has 0 radical (unpaired) electrons. The van der Waals surface area contributed by atoms with Crippen LogP contribution in [0.1, 0.15) is 25.7 Å². The van der Waals surface area contributed by atoms with Crippen molar-refractivity contribution in [2.45, 2.75) is 31.7 Å². The zero-order valence-electron chi connectivity index (χ0n) is 6.87. The van der Waals surface area contributed by atoms with E-state index >= 15 is 0 Å². The van der Waals surface area contributed by atoms with E-state index in [1.807, 2.05) is 0 Å². The second kappa shape index (κ2) is 2.76. The lowest BCUT2D eigenvalue weighted by Gasteiger charge is -2.20. The number of aliphatic hydroxyl groups is 1. The first-order valence-electron chi connectivity index (χ1n) is 4.69. The van der Waals surface area contributed by atoms with E-state index in [1.54, 1.807) is 0 Å². The van der Waals surface area contributed by atoms with Crippen LogP contribution >= 0.6 is 0 Å². The molecular weight excluding hydrogens is 138 g/mol. The summed E-state index contributed by atoms with van der Waals surface area (Å²) in [5.74, 6) is 1.92. The quantitative estimate of drug-likeness (QED) is 0.629. The molecule has 0 bridgehead atoms. The van der Waals surface area contributed by atoms with Crippen molar-refractivity contribution < 1.29 is 5.11 Å². The van der Waals surface area contributed by atoms with Gasteiger partial charge in [0, 0.05) is 18.6 Å². The summed E-state index contributed by atoms with van der Waals surface area (Å²) in [5, 5.41) is 9.10. The molecular formula is C9H17NO. The van der Waals surface area contributed by atoms with E-state index in [2.05, 4.69) is 0 Å². The van der Waals surface area contributed by atoms with Crippen molar-refractivity contribution in [2.24, 2.45) is 23.5 Å². The second-order valence-electron chi connectivity index (χ2n) is 4.10. The van der Waals surface area contributed by atoms with Gasteiger partial charge in [-0.15, -0.1) is 0 Å². The average Bonchev–Trinajstić information content (AvgIpc) is 2.86. The third kappa shape index (κ3) is 1.57. The van der Waals surface area contributed by atoms with Gasteiger partial charge in [0.1, 0.15) is 0 Å². The van der Waals surface area contributed by atoms with E-state index in [1.165, 1.54) is 25.7 Å². The van der Waals surface area contributed by atoms with Gasteiger partial charge in [0.25, 0.3) is 0 Å². The highest BCUT2D eigenvalue weighted by Crippen LogP contribution is 2.43. The van der Waals surface area contributed by atoms with Crippen molar-refractivity contribution in [2.75, 3.05) is 6.61 Å². The Morgan fingerprint density at radius 2 is 1.73 bits per heavy atom. The maximum Gasteiger partial charge on any atom is 0.0476 e. The fraction of sp³-hybridized carbons (Fsp3) is 1.00. The van der Waals surface area contributed by atoms with Crippen LogP contribution in [0, 0.1) is 17.8 Å². The zero-order chi connectivity index (χ0) is 7.84. The normalized spacial score (nSPS) is 30.0. The Hall–Kier alpha value is -0.0800. The molecule has 0 saturated heterocycles. The van der Waals surface area contributed by atoms with Crippen LogP contribution in [0.25, 0.3) is 0 Å². The predicted molar refractivity (Wildman–Crippen MR) is 44.0 cm³/mol. The SMILES string of the molecule is N[C@@H](C1CC1)[C@@H](CO)C1CC1. The molecule has 2 fully saturated rings. The van der Waals surface area contributed by atoms with E-state index in [4.69, 9.17) is 10.8 Å². The molecule has 2 nitrogen and oxygen atoms in total. The van der Waals surface area contributed by atoms with Gasteiger partial charge in [0.2, 0.25) is 0 Å². The summed E-state index contributed by atoms with van der Waals surface area (Å²) < 4.78 is 0. The molecule has 2 saturated carbocycles. The summed E-state index contributed by atoms with van der Waals surface area (Å²) in [6, 6.07) is 0.299. The van der Waals surface area contributed by atoms with Crippen LogP contribution in [-0.4, -0.2) is 17.8 Å². The molecule has 0 unspecified atom stereocenters. The number of aliphatic hydroxyl groups excluding tert-OH is 1. The third-order valence-corrected chi connectivity index (χ3v) is 3.10. The third-order valence-electron chi connectivity index (χ3n) is 3.10. The van der Waals surface area contributed by atoms with Gasteiger partial charge in [-0.25, -0.2) is 0 Å². The monoisotopic (exact) mass is 155 g/mol. The highest BCUT2D eigenvalue weighted by atomic mass is 16.3. The zero-order valence-corrected chi connectivity index (χ0v) is 6.87. The van der Waals surface area contributed by atoms with Gasteiger partial charge in [-0.2, -0.15) is 0 Å². The Bertz CT molecular complexity index is 140. The molecule has 0 aromatic carbocycles. The highest BCUT2D eigenvalue weighted by Gasteiger charge is 2.40. The van der Waals surface area contributed by atoms with Gasteiger partial charge in [0.15, 0.2) is 0 Å². The minimum Gasteiger partial charge on any atom is -0.396 e. The Morgan fingerprint density at radius 3 is 2.09 bits per heavy atom. The number of rotatable bonds is 4. The molecule has 0 aliphatic heterocycles. The number of hydrogen-bond acceptors (Lipinski definition) is 2. The average molecular weight is 155 g/mol. The summed E-state index contributed by atoms with van der Waals surface area (Å²) in [7, 11) is 0. The first kappa shape index (κ1) is 7.56. The molecule has 2 heteroatoms. The number of nitrogens with two attached hydrogens (primary N) is 1. The van der Waals surface area contributed by atoms with E-state index < -0.39 is 0 Å². The lowest BCUT2D eigenvalue weighted by Crippen LogP contribution is -2.35. The Balaban J connectivity index is 1.86. The first-order valence-corrected chi connectivity index (χ1v) is 4.69. The van der Waals surface area contributed by atoms with Gasteiger partial charge in [-0.05, 0) is 37.5 Å². The maximum atomic E-state index is 9.10. The van der Waals surface area contributed by atoms with Gasteiger partial charge < -0.3 is 10.8 Å². The largest absolute Gasteiger partial charge is 0.396 e. The van der Waals surface area contributed by atoms with Gasteiger partial charge >= 0.3 is 0 Å². The van der Waals surface area contributed by atoms with Gasteiger partial charge in [-0.3, -0.25) is 0 Å². The molecule has 2 atom stereocenters. The van der Waals surface area contributed by atoms with Crippen LogP contribution in [0.4, 0.5) is 0 Å². The van der Waals surface area contributed by atoms with E-state index in [0.717, 1.165) is 11.8 Å². The molecule has 0 aromatic heterocycles. The van der Waals surface area contributed by atoms with Gasteiger partial charge in [-0.1, -0.05) is 0 Å². The standard InChI is InChI=1S/C9H17NO/c10-9(7-3-4-7)8(5-11)6-1-2-6/h6-9,11H,1-5,10H2/t8-,9-/m0/s1.